The van der Waals surface area contributed by atoms with Crippen molar-refractivity contribution in [2.45, 2.75) is 44.7 Å². The third-order valence-electron chi connectivity index (χ3n) is 4.75. The molecule has 0 bridgehead atoms. The molecule has 2 amide bonds. The molecule has 0 saturated heterocycles. The molecule has 0 unspecified atom stereocenters. The Morgan fingerprint density at radius 2 is 1.96 bits per heavy atom. The predicted molar refractivity (Wildman–Crippen MR) is 102 cm³/mol. The first-order valence-electron chi connectivity index (χ1n) is 9.27. The highest BCUT2D eigenvalue weighted by molar-refractivity contribution is 5.87. The first-order valence-corrected chi connectivity index (χ1v) is 9.27. The van der Waals surface area contributed by atoms with Crippen molar-refractivity contribution in [3.05, 3.63) is 47.3 Å². The summed E-state index contributed by atoms with van der Waals surface area (Å²) in [6.07, 6.45) is 1.60. The van der Waals surface area contributed by atoms with Crippen LogP contribution in [0.3, 0.4) is 0 Å². The fourth-order valence-corrected chi connectivity index (χ4v) is 3.22. The smallest absolute Gasteiger partial charge is 0.326 e. The van der Waals surface area contributed by atoms with Crippen LogP contribution in [0.15, 0.2) is 41.7 Å². The van der Waals surface area contributed by atoms with Gasteiger partial charge in [0.25, 0.3) is 0 Å². The van der Waals surface area contributed by atoms with Crippen LogP contribution in [0, 0.1) is 5.92 Å². The van der Waals surface area contributed by atoms with Gasteiger partial charge in [-0.3, -0.25) is 9.59 Å². The van der Waals surface area contributed by atoms with E-state index in [4.69, 9.17) is 5.73 Å². The molecule has 0 radical (unpaired) electrons. The normalized spacial score (nSPS) is 20.2. The summed E-state index contributed by atoms with van der Waals surface area (Å²) in [6.45, 7) is 1.16. The minimum Gasteiger partial charge on any atom is -0.480 e. The maximum Gasteiger partial charge on any atom is 0.326 e. The van der Waals surface area contributed by atoms with Crippen molar-refractivity contribution >= 4 is 17.8 Å². The Bertz CT molecular complexity index is 749. The van der Waals surface area contributed by atoms with E-state index >= 15 is 0 Å². The van der Waals surface area contributed by atoms with Crippen molar-refractivity contribution in [3.8, 4) is 0 Å². The van der Waals surface area contributed by atoms with Gasteiger partial charge in [0.1, 0.15) is 11.9 Å². The quantitative estimate of drug-likeness (QED) is 0.532. The number of nitrogens with one attached hydrogen (secondary N) is 2. The Morgan fingerprint density at radius 1 is 1.29 bits per heavy atom. The number of aliphatic carboxylic acids is 1. The summed E-state index contributed by atoms with van der Waals surface area (Å²) in [7, 11) is 0. The molecule has 0 heterocycles. The van der Waals surface area contributed by atoms with E-state index in [1.807, 2.05) is 6.07 Å². The van der Waals surface area contributed by atoms with Gasteiger partial charge >= 0.3 is 5.97 Å². The summed E-state index contributed by atoms with van der Waals surface area (Å²) >= 11 is 0. The molecule has 2 rings (SSSR count). The number of carboxylic acids is 1. The molecule has 0 spiro atoms. The molecular formula is C20H26FN3O4. The van der Waals surface area contributed by atoms with Gasteiger partial charge in [-0.05, 0) is 37.3 Å². The molecular weight excluding hydrogens is 365 g/mol. The molecule has 0 aromatic heterocycles. The average molecular weight is 391 g/mol. The first-order chi connectivity index (χ1) is 13.3. The lowest BCUT2D eigenvalue weighted by atomic mass is 9.99. The van der Waals surface area contributed by atoms with E-state index in [9.17, 15) is 23.9 Å². The summed E-state index contributed by atoms with van der Waals surface area (Å²) in [4.78, 5) is 35.7. The molecule has 1 aromatic carbocycles. The van der Waals surface area contributed by atoms with Gasteiger partial charge in [-0.25, -0.2) is 9.18 Å². The highest BCUT2D eigenvalue weighted by Gasteiger charge is 2.33. The number of carbonyl (C=O) groups is 3. The molecule has 1 aliphatic carbocycles. The summed E-state index contributed by atoms with van der Waals surface area (Å²) in [5.41, 5.74) is 6.52. The molecule has 5 N–H and O–H groups in total. The van der Waals surface area contributed by atoms with Crippen LogP contribution in [0.25, 0.3) is 0 Å². The predicted octanol–water partition coefficient (Wildman–Crippen LogP) is 1.29. The lowest BCUT2D eigenvalue weighted by molar-refractivity contribution is -0.142. The lowest BCUT2D eigenvalue weighted by Gasteiger charge is -2.19. The molecule has 152 valence electrons. The van der Waals surface area contributed by atoms with Gasteiger partial charge in [-0.2, -0.15) is 0 Å². The van der Waals surface area contributed by atoms with Gasteiger partial charge in [-0.1, -0.05) is 30.3 Å². The van der Waals surface area contributed by atoms with Gasteiger partial charge in [-0.15, -0.1) is 0 Å². The van der Waals surface area contributed by atoms with Crippen LogP contribution < -0.4 is 16.4 Å². The number of carboxylic acid groups (broad SMARTS) is 1. The van der Waals surface area contributed by atoms with E-state index in [0.717, 1.165) is 5.56 Å². The van der Waals surface area contributed by atoms with Crippen LogP contribution in [-0.2, 0) is 20.8 Å². The molecule has 1 fully saturated rings. The second-order valence-electron chi connectivity index (χ2n) is 6.97. The van der Waals surface area contributed by atoms with E-state index in [2.05, 4.69) is 10.6 Å². The minimum atomic E-state index is -1.15. The third-order valence-corrected chi connectivity index (χ3v) is 4.75. The van der Waals surface area contributed by atoms with Crippen molar-refractivity contribution in [1.29, 1.82) is 0 Å². The van der Waals surface area contributed by atoms with Gasteiger partial charge in [0.15, 0.2) is 0 Å². The largest absolute Gasteiger partial charge is 0.480 e. The van der Waals surface area contributed by atoms with E-state index in [-0.39, 0.29) is 13.0 Å². The summed E-state index contributed by atoms with van der Waals surface area (Å²) in [5.74, 6) is -3.44. The number of benzene rings is 1. The zero-order chi connectivity index (χ0) is 20.7. The lowest BCUT2D eigenvalue weighted by Crippen LogP contribution is -2.45. The fourth-order valence-electron chi connectivity index (χ4n) is 3.22. The van der Waals surface area contributed by atoms with Crippen molar-refractivity contribution < 1.29 is 23.9 Å². The van der Waals surface area contributed by atoms with Crippen LogP contribution in [0.4, 0.5) is 4.39 Å². The van der Waals surface area contributed by atoms with E-state index in [1.165, 1.54) is 6.92 Å². The first kappa shape index (κ1) is 21.6. The second-order valence-corrected chi connectivity index (χ2v) is 6.97. The van der Waals surface area contributed by atoms with Gasteiger partial charge in [0.05, 0.1) is 18.5 Å². The van der Waals surface area contributed by atoms with Crippen molar-refractivity contribution in [2.24, 2.45) is 11.7 Å². The Balaban J connectivity index is 2.04. The van der Waals surface area contributed by atoms with Gasteiger partial charge < -0.3 is 21.5 Å². The number of hydrogen-bond acceptors (Lipinski definition) is 4. The minimum absolute atomic E-state index is 0.139. The number of nitrogens with two attached hydrogens (primary N) is 1. The fraction of sp³-hybridized carbons (Fsp3) is 0.450. The van der Waals surface area contributed by atoms with Crippen molar-refractivity contribution in [3.63, 3.8) is 0 Å². The third kappa shape index (κ3) is 5.88. The Labute approximate surface area is 163 Å². The maximum atomic E-state index is 14.5. The maximum absolute atomic E-state index is 14.5. The molecule has 1 saturated carbocycles. The Kier molecular flexibility index (Phi) is 7.69. The molecule has 8 heteroatoms. The van der Waals surface area contributed by atoms with E-state index in [0.29, 0.717) is 24.8 Å². The Morgan fingerprint density at radius 3 is 2.57 bits per heavy atom. The zero-order valence-electron chi connectivity index (χ0n) is 15.8. The number of carbonyl (C=O) groups excluding carboxylic acids is 2. The summed E-state index contributed by atoms with van der Waals surface area (Å²) < 4.78 is 14.5. The SMILES string of the molecule is C[C@H](N)C(=O)NC/C(F)=C1\CCC[C@@H]1C(=O)N[C@@H](Cc1ccccc1)C(=O)O. The molecule has 7 nitrogen and oxygen atoms in total. The molecule has 3 atom stereocenters. The number of halogens is 1. The van der Waals surface area contributed by atoms with Gasteiger partial charge in [0.2, 0.25) is 11.8 Å². The van der Waals surface area contributed by atoms with E-state index < -0.39 is 41.6 Å². The zero-order valence-corrected chi connectivity index (χ0v) is 15.8. The van der Waals surface area contributed by atoms with E-state index in [1.54, 1.807) is 24.3 Å². The monoisotopic (exact) mass is 391 g/mol. The highest BCUT2D eigenvalue weighted by atomic mass is 19.1. The summed E-state index contributed by atoms with van der Waals surface area (Å²) in [5, 5.41) is 14.4. The number of rotatable bonds is 8. The van der Waals surface area contributed by atoms with Crippen LogP contribution >= 0.6 is 0 Å². The highest BCUT2D eigenvalue weighted by Crippen LogP contribution is 2.34. The molecule has 1 aliphatic rings. The van der Waals surface area contributed by atoms with Crippen LogP contribution in [0.2, 0.25) is 0 Å². The number of hydrogen-bond donors (Lipinski definition) is 4. The van der Waals surface area contributed by atoms with Crippen LogP contribution in [0.1, 0.15) is 31.7 Å². The van der Waals surface area contributed by atoms with Crippen LogP contribution in [0.5, 0.6) is 0 Å². The standard InChI is InChI=1S/C20H26FN3O4/c1-12(22)18(25)23-11-16(21)14-8-5-9-15(14)19(26)24-17(20(27)28)10-13-6-3-2-4-7-13/h2-4,6-7,12,15,17H,5,8-11,22H2,1H3,(H,23,25)(H,24,26)(H,27,28)/b16-14-/t12-,15-,17-/m0/s1. The van der Waals surface area contributed by atoms with Crippen LogP contribution in [-0.4, -0.2) is 41.5 Å². The Hall–Kier alpha value is -2.74. The number of amides is 2. The molecule has 1 aromatic rings. The van der Waals surface area contributed by atoms with Crippen molar-refractivity contribution in [1.82, 2.24) is 10.6 Å². The van der Waals surface area contributed by atoms with Gasteiger partial charge in [0, 0.05) is 6.42 Å². The topological polar surface area (TPSA) is 122 Å². The average Bonchev–Trinajstić information content (AvgIpc) is 3.16. The molecule has 0 aliphatic heterocycles. The second kappa shape index (κ2) is 9.98. The summed E-state index contributed by atoms with van der Waals surface area (Å²) in [6, 6.07) is 7.11. The molecule has 28 heavy (non-hydrogen) atoms. The van der Waals surface area contributed by atoms with Crippen molar-refractivity contribution in [2.75, 3.05) is 6.54 Å².